The zero-order valence-corrected chi connectivity index (χ0v) is 18.3. The van der Waals surface area contributed by atoms with Crippen molar-refractivity contribution in [1.29, 1.82) is 0 Å². The van der Waals surface area contributed by atoms with Gasteiger partial charge in [-0.3, -0.25) is 14.4 Å². The fourth-order valence-corrected chi connectivity index (χ4v) is 6.18. The molecular weight excluding hydrogens is 398 g/mol. The van der Waals surface area contributed by atoms with E-state index in [1.807, 2.05) is 0 Å². The van der Waals surface area contributed by atoms with Crippen molar-refractivity contribution >= 4 is 17.7 Å². The maximum atomic E-state index is 12.9. The second-order valence-corrected chi connectivity index (χ2v) is 9.35. The molecule has 1 aromatic rings. The van der Waals surface area contributed by atoms with Crippen LogP contribution in [-0.2, 0) is 14.3 Å². The summed E-state index contributed by atoms with van der Waals surface area (Å²) in [6.45, 7) is -0.135. The van der Waals surface area contributed by atoms with Crippen molar-refractivity contribution in [1.82, 2.24) is 5.32 Å². The van der Waals surface area contributed by atoms with Crippen molar-refractivity contribution in [2.45, 2.75) is 44.9 Å². The lowest BCUT2D eigenvalue weighted by atomic mass is 9.49. The number of carbonyl (C=O) groups excluding carboxylic acids is 3. The average Bonchev–Trinajstić information content (AvgIpc) is 2.76. The Bertz CT molecular complexity index is 828. The second-order valence-electron chi connectivity index (χ2n) is 9.35. The van der Waals surface area contributed by atoms with E-state index in [1.165, 1.54) is 33.5 Å². The fourth-order valence-electron chi connectivity index (χ4n) is 6.18. The number of hydrogen-bond acceptors (Lipinski definition) is 6. The molecule has 4 bridgehead atoms. The minimum atomic E-state index is -0.508. The van der Waals surface area contributed by atoms with Gasteiger partial charge < -0.3 is 19.5 Å². The molecule has 0 radical (unpaired) electrons. The molecule has 1 amide bonds. The number of nitrogens with one attached hydrogen (secondary N) is 1. The van der Waals surface area contributed by atoms with E-state index in [9.17, 15) is 14.4 Å². The number of amides is 1. The molecule has 0 aliphatic heterocycles. The summed E-state index contributed by atoms with van der Waals surface area (Å²) in [6, 6.07) is 4.84. The van der Waals surface area contributed by atoms with Gasteiger partial charge in [0.1, 0.15) is 11.5 Å². The number of rotatable bonds is 9. The Kier molecular flexibility index (Phi) is 6.21. The Balaban J connectivity index is 1.22. The van der Waals surface area contributed by atoms with Crippen LogP contribution < -0.4 is 14.8 Å². The van der Waals surface area contributed by atoms with Gasteiger partial charge in [0, 0.05) is 18.0 Å². The van der Waals surface area contributed by atoms with E-state index in [0.29, 0.717) is 34.8 Å². The molecule has 0 aromatic heterocycles. The highest BCUT2D eigenvalue weighted by Gasteiger charge is 2.54. The summed E-state index contributed by atoms with van der Waals surface area (Å²) in [6.07, 6.45) is 6.88. The molecule has 4 saturated carbocycles. The molecule has 1 N–H and O–H groups in total. The van der Waals surface area contributed by atoms with Gasteiger partial charge in [0.25, 0.3) is 0 Å². The quantitative estimate of drug-likeness (QED) is 0.479. The van der Waals surface area contributed by atoms with E-state index >= 15 is 0 Å². The summed E-state index contributed by atoms with van der Waals surface area (Å²) in [5.74, 6) is 2.26. The van der Waals surface area contributed by atoms with Crippen LogP contribution in [0.3, 0.4) is 0 Å². The zero-order chi connectivity index (χ0) is 22.0. The fraction of sp³-hybridized carbons (Fsp3) is 0.625. The van der Waals surface area contributed by atoms with Crippen LogP contribution in [0.25, 0.3) is 0 Å². The summed E-state index contributed by atoms with van der Waals surface area (Å²) in [5.41, 5.74) is 0.103. The number of hydrogen-bond donors (Lipinski definition) is 1. The van der Waals surface area contributed by atoms with Crippen molar-refractivity contribution in [3.8, 4) is 11.5 Å². The SMILES string of the molecule is COc1ccc(C(=O)COC(=O)CCNC(=O)C23CC4CC(CC(C4)C2)C3)c(OC)c1. The highest BCUT2D eigenvalue weighted by atomic mass is 16.5. The summed E-state index contributed by atoms with van der Waals surface area (Å²) in [5, 5.41) is 2.96. The number of ether oxygens (including phenoxy) is 3. The summed E-state index contributed by atoms with van der Waals surface area (Å²) >= 11 is 0. The first-order valence-electron chi connectivity index (χ1n) is 11.1. The first-order chi connectivity index (χ1) is 14.9. The van der Waals surface area contributed by atoms with E-state index < -0.39 is 5.97 Å². The largest absolute Gasteiger partial charge is 0.497 e. The predicted octanol–water partition coefficient (Wildman–Crippen LogP) is 3.15. The minimum Gasteiger partial charge on any atom is -0.497 e. The highest BCUT2D eigenvalue weighted by Crippen LogP contribution is 2.60. The van der Waals surface area contributed by atoms with Crippen LogP contribution in [0.5, 0.6) is 11.5 Å². The minimum absolute atomic E-state index is 0.0468. The van der Waals surface area contributed by atoms with Crippen molar-refractivity contribution in [3.63, 3.8) is 0 Å². The van der Waals surface area contributed by atoms with Crippen molar-refractivity contribution in [2.75, 3.05) is 27.4 Å². The van der Waals surface area contributed by atoms with E-state index in [0.717, 1.165) is 19.3 Å². The predicted molar refractivity (Wildman–Crippen MR) is 113 cm³/mol. The van der Waals surface area contributed by atoms with E-state index in [4.69, 9.17) is 14.2 Å². The van der Waals surface area contributed by atoms with Gasteiger partial charge >= 0.3 is 5.97 Å². The maximum absolute atomic E-state index is 12.9. The highest BCUT2D eigenvalue weighted by molar-refractivity contribution is 6.00. The molecule has 4 aliphatic carbocycles. The smallest absolute Gasteiger partial charge is 0.308 e. The summed E-state index contributed by atoms with van der Waals surface area (Å²) in [4.78, 5) is 37.4. The van der Waals surface area contributed by atoms with Crippen LogP contribution in [0.1, 0.15) is 55.3 Å². The number of ketones is 1. The van der Waals surface area contributed by atoms with Crippen LogP contribution in [0.4, 0.5) is 0 Å². The first-order valence-corrected chi connectivity index (χ1v) is 11.1. The molecule has 7 nitrogen and oxygen atoms in total. The molecule has 1 aromatic carbocycles. The number of carbonyl (C=O) groups is 3. The molecular formula is C24H31NO6. The van der Waals surface area contributed by atoms with Crippen LogP contribution in [0.15, 0.2) is 18.2 Å². The second kappa shape index (κ2) is 8.89. The topological polar surface area (TPSA) is 90.9 Å². The summed E-state index contributed by atoms with van der Waals surface area (Å²) < 4.78 is 15.5. The molecule has 0 heterocycles. The van der Waals surface area contributed by atoms with Crippen LogP contribution >= 0.6 is 0 Å². The number of methoxy groups -OCH3 is 2. The molecule has 5 rings (SSSR count). The van der Waals surface area contributed by atoms with Crippen molar-refractivity contribution in [2.24, 2.45) is 23.2 Å². The third kappa shape index (κ3) is 4.55. The van der Waals surface area contributed by atoms with Gasteiger partial charge in [-0.1, -0.05) is 0 Å². The van der Waals surface area contributed by atoms with Gasteiger partial charge in [0.05, 0.1) is 26.2 Å². The Labute approximate surface area is 182 Å². The van der Waals surface area contributed by atoms with Crippen LogP contribution in [0, 0.1) is 23.2 Å². The molecule has 0 unspecified atom stereocenters. The van der Waals surface area contributed by atoms with Crippen molar-refractivity contribution < 1.29 is 28.6 Å². The van der Waals surface area contributed by atoms with Gasteiger partial charge in [-0.15, -0.1) is 0 Å². The molecule has 4 aliphatic rings. The Hall–Kier alpha value is -2.57. The molecule has 0 spiro atoms. The van der Waals surface area contributed by atoms with E-state index in [-0.39, 0.29) is 36.7 Å². The molecule has 0 atom stereocenters. The van der Waals surface area contributed by atoms with Gasteiger partial charge in [-0.25, -0.2) is 0 Å². The number of Topliss-reactive ketones (excluding diaryl/α,β-unsaturated/α-hetero) is 1. The molecule has 168 valence electrons. The lowest BCUT2D eigenvalue weighted by molar-refractivity contribution is -0.147. The van der Waals surface area contributed by atoms with Crippen LogP contribution in [-0.4, -0.2) is 45.0 Å². The summed E-state index contributed by atoms with van der Waals surface area (Å²) in [7, 11) is 2.99. The van der Waals surface area contributed by atoms with Crippen molar-refractivity contribution in [3.05, 3.63) is 23.8 Å². The normalized spacial score (nSPS) is 28.1. The lowest BCUT2D eigenvalue weighted by Gasteiger charge is -2.55. The lowest BCUT2D eigenvalue weighted by Crippen LogP contribution is -2.53. The maximum Gasteiger partial charge on any atom is 0.308 e. The average molecular weight is 430 g/mol. The van der Waals surface area contributed by atoms with E-state index in [1.54, 1.807) is 18.2 Å². The Morgan fingerprint density at radius 3 is 2.23 bits per heavy atom. The molecule has 7 heteroatoms. The Morgan fingerprint density at radius 2 is 1.65 bits per heavy atom. The standard InChI is InChI=1S/C24H31NO6/c1-29-18-3-4-19(21(10-18)30-2)20(26)14-31-22(27)5-6-25-23(28)24-11-15-7-16(12-24)9-17(8-15)13-24/h3-4,10,15-17H,5-9,11-14H2,1-2H3,(H,25,28). The third-order valence-electron chi connectivity index (χ3n) is 7.21. The van der Waals surface area contributed by atoms with Gasteiger partial charge in [0.2, 0.25) is 11.7 Å². The van der Waals surface area contributed by atoms with Gasteiger partial charge in [-0.05, 0) is 68.4 Å². The van der Waals surface area contributed by atoms with Crippen LogP contribution in [0.2, 0.25) is 0 Å². The van der Waals surface area contributed by atoms with E-state index in [2.05, 4.69) is 5.32 Å². The Morgan fingerprint density at radius 1 is 1.00 bits per heavy atom. The first kappa shape index (κ1) is 21.7. The third-order valence-corrected chi connectivity index (χ3v) is 7.21. The molecule has 0 saturated heterocycles. The molecule has 4 fully saturated rings. The molecule has 31 heavy (non-hydrogen) atoms. The number of esters is 1. The number of benzene rings is 1. The zero-order valence-electron chi connectivity index (χ0n) is 18.3. The van der Waals surface area contributed by atoms with Gasteiger partial charge in [0.15, 0.2) is 6.61 Å². The van der Waals surface area contributed by atoms with Gasteiger partial charge in [-0.2, -0.15) is 0 Å². The monoisotopic (exact) mass is 429 g/mol.